The third kappa shape index (κ3) is 2.75. The predicted octanol–water partition coefficient (Wildman–Crippen LogP) is 1.67. The summed E-state index contributed by atoms with van der Waals surface area (Å²) in [6, 6.07) is 4.10. The van der Waals surface area contributed by atoms with Crippen molar-refractivity contribution >= 4 is 16.9 Å². The van der Waals surface area contributed by atoms with E-state index in [0.29, 0.717) is 18.9 Å². The number of aryl methyl sites for hydroxylation is 2. The molecular weight excluding hydrogens is 344 g/mol. The van der Waals surface area contributed by atoms with Crippen LogP contribution in [0.15, 0.2) is 18.5 Å². The van der Waals surface area contributed by atoms with Gasteiger partial charge in [0, 0.05) is 19.5 Å². The third-order valence-corrected chi connectivity index (χ3v) is 5.57. The fourth-order valence-corrected chi connectivity index (χ4v) is 4.06. The lowest BCUT2D eigenvalue weighted by atomic mass is 9.94. The summed E-state index contributed by atoms with van der Waals surface area (Å²) in [4.78, 5) is 21.1. The standard InChI is InChI=1S/C19H22N6O2/c1-24-18(21-10-22-24)19-23-14-8-11(7-13(17(20)26)12-3-4-12)9-15-16(14)25(19)5-2-6-27-15/h8-10,12-13H,2-7H2,1H3,(H2,20,26)/t13-/m0/s1. The van der Waals surface area contributed by atoms with Crippen LogP contribution >= 0.6 is 0 Å². The Kier molecular flexibility index (Phi) is 3.66. The maximum absolute atomic E-state index is 11.9. The highest BCUT2D eigenvalue weighted by molar-refractivity contribution is 5.87. The maximum Gasteiger partial charge on any atom is 0.221 e. The second kappa shape index (κ2) is 6.07. The molecule has 1 aliphatic carbocycles. The van der Waals surface area contributed by atoms with E-state index in [9.17, 15) is 4.79 Å². The first kappa shape index (κ1) is 16.3. The van der Waals surface area contributed by atoms with Gasteiger partial charge in [-0.2, -0.15) is 5.10 Å². The topological polar surface area (TPSA) is 101 Å². The molecule has 1 aliphatic heterocycles. The number of amides is 1. The largest absolute Gasteiger partial charge is 0.491 e. The maximum atomic E-state index is 11.9. The van der Waals surface area contributed by atoms with Crippen molar-refractivity contribution in [3.8, 4) is 17.4 Å². The van der Waals surface area contributed by atoms with Crippen LogP contribution in [0.3, 0.4) is 0 Å². The van der Waals surface area contributed by atoms with Crippen LogP contribution < -0.4 is 10.5 Å². The Bertz CT molecular complexity index is 1030. The first-order valence-corrected chi connectivity index (χ1v) is 9.41. The van der Waals surface area contributed by atoms with E-state index in [1.165, 1.54) is 6.33 Å². The minimum absolute atomic E-state index is 0.110. The molecule has 8 nitrogen and oxygen atoms in total. The van der Waals surface area contributed by atoms with Crippen LogP contribution in [0.25, 0.3) is 22.7 Å². The quantitative estimate of drug-likeness (QED) is 0.740. The first-order valence-electron chi connectivity index (χ1n) is 9.41. The number of carbonyl (C=O) groups excluding carboxylic acids is 1. The molecule has 1 fully saturated rings. The van der Waals surface area contributed by atoms with Crippen molar-refractivity contribution < 1.29 is 9.53 Å². The zero-order valence-corrected chi connectivity index (χ0v) is 15.3. The van der Waals surface area contributed by atoms with Crippen molar-refractivity contribution in [3.05, 3.63) is 24.0 Å². The summed E-state index contributed by atoms with van der Waals surface area (Å²) in [7, 11) is 1.86. The number of primary amides is 1. The molecule has 3 heterocycles. The van der Waals surface area contributed by atoms with Gasteiger partial charge in [0.1, 0.15) is 17.6 Å². The van der Waals surface area contributed by atoms with Gasteiger partial charge in [-0.3, -0.25) is 4.79 Å². The smallest absolute Gasteiger partial charge is 0.221 e. The summed E-state index contributed by atoms with van der Waals surface area (Å²) in [5.41, 5.74) is 8.54. The number of benzene rings is 1. The lowest BCUT2D eigenvalue weighted by Crippen LogP contribution is -2.26. The molecular formula is C19H22N6O2. The Balaban J connectivity index is 1.63. The van der Waals surface area contributed by atoms with Gasteiger partial charge < -0.3 is 15.0 Å². The molecule has 1 atom stereocenters. The van der Waals surface area contributed by atoms with E-state index < -0.39 is 0 Å². The summed E-state index contributed by atoms with van der Waals surface area (Å²) < 4.78 is 9.91. The van der Waals surface area contributed by atoms with Crippen LogP contribution in [0.4, 0.5) is 0 Å². The van der Waals surface area contributed by atoms with Gasteiger partial charge in [-0.05, 0) is 49.3 Å². The van der Waals surface area contributed by atoms with Crippen molar-refractivity contribution in [3.63, 3.8) is 0 Å². The highest BCUT2D eigenvalue weighted by atomic mass is 16.5. The fraction of sp³-hybridized carbons (Fsp3) is 0.474. The Morgan fingerprint density at radius 2 is 2.22 bits per heavy atom. The van der Waals surface area contributed by atoms with E-state index in [-0.39, 0.29) is 11.8 Å². The third-order valence-electron chi connectivity index (χ3n) is 5.57. The molecule has 5 rings (SSSR count). The molecule has 0 bridgehead atoms. The molecule has 27 heavy (non-hydrogen) atoms. The van der Waals surface area contributed by atoms with Gasteiger partial charge in [-0.15, -0.1) is 0 Å². The summed E-state index contributed by atoms with van der Waals surface area (Å²) in [5.74, 6) is 2.44. The Labute approximate surface area is 156 Å². The zero-order valence-electron chi connectivity index (χ0n) is 15.3. The van der Waals surface area contributed by atoms with Gasteiger partial charge in [0.15, 0.2) is 11.6 Å². The summed E-state index contributed by atoms with van der Waals surface area (Å²) >= 11 is 0. The van der Waals surface area contributed by atoms with Crippen LogP contribution in [-0.4, -0.2) is 36.8 Å². The number of ether oxygens (including phenoxy) is 1. The van der Waals surface area contributed by atoms with Gasteiger partial charge in [0.05, 0.1) is 12.1 Å². The number of imidazole rings is 1. The van der Waals surface area contributed by atoms with Crippen LogP contribution in [-0.2, 0) is 24.8 Å². The minimum atomic E-state index is -0.213. The number of nitrogens with zero attached hydrogens (tertiary/aromatic N) is 5. The van der Waals surface area contributed by atoms with Crippen molar-refractivity contribution in [1.82, 2.24) is 24.3 Å². The second-order valence-corrected chi connectivity index (χ2v) is 7.51. The van der Waals surface area contributed by atoms with Crippen LogP contribution in [0.2, 0.25) is 0 Å². The van der Waals surface area contributed by atoms with Crippen LogP contribution in [0.1, 0.15) is 24.8 Å². The predicted molar refractivity (Wildman–Crippen MR) is 99.0 cm³/mol. The van der Waals surface area contributed by atoms with Gasteiger partial charge in [0.2, 0.25) is 5.91 Å². The van der Waals surface area contributed by atoms with Gasteiger partial charge in [-0.25, -0.2) is 14.6 Å². The van der Waals surface area contributed by atoms with E-state index in [2.05, 4.69) is 20.7 Å². The number of carbonyl (C=O) groups is 1. The van der Waals surface area contributed by atoms with Gasteiger partial charge >= 0.3 is 0 Å². The lowest BCUT2D eigenvalue weighted by molar-refractivity contribution is -0.122. The number of hydrogen-bond acceptors (Lipinski definition) is 5. The first-order chi connectivity index (χ1) is 13.1. The average molecular weight is 366 g/mol. The SMILES string of the molecule is Cn1ncnc1-c1nc2cc(C[C@H](C(N)=O)C3CC3)cc3c2n1CCCO3. The second-order valence-electron chi connectivity index (χ2n) is 7.51. The molecule has 2 aromatic heterocycles. The molecule has 1 aromatic carbocycles. The van der Waals surface area contributed by atoms with Crippen molar-refractivity contribution in [1.29, 1.82) is 0 Å². The molecule has 0 unspecified atom stereocenters. The van der Waals surface area contributed by atoms with E-state index in [1.54, 1.807) is 4.68 Å². The molecule has 140 valence electrons. The van der Waals surface area contributed by atoms with Crippen molar-refractivity contribution in [2.45, 2.75) is 32.2 Å². The number of aromatic nitrogens is 5. The highest BCUT2D eigenvalue weighted by Crippen LogP contribution is 2.40. The molecule has 8 heteroatoms. The monoisotopic (exact) mass is 366 g/mol. The van der Waals surface area contributed by atoms with E-state index in [1.807, 2.05) is 13.1 Å². The Hall–Kier alpha value is -2.90. The molecule has 2 aliphatic rings. The molecule has 0 saturated heterocycles. The minimum Gasteiger partial charge on any atom is -0.491 e. The molecule has 3 aromatic rings. The van der Waals surface area contributed by atoms with E-state index in [0.717, 1.165) is 59.8 Å². The van der Waals surface area contributed by atoms with Crippen LogP contribution in [0.5, 0.6) is 5.75 Å². The lowest BCUT2D eigenvalue weighted by Gasteiger charge is -2.13. The number of rotatable bonds is 5. The zero-order chi connectivity index (χ0) is 18.5. The van der Waals surface area contributed by atoms with Gasteiger partial charge in [-0.1, -0.05) is 0 Å². The highest BCUT2D eigenvalue weighted by Gasteiger charge is 2.35. The molecule has 1 saturated carbocycles. The van der Waals surface area contributed by atoms with E-state index in [4.69, 9.17) is 15.5 Å². The molecule has 0 radical (unpaired) electrons. The normalized spacial score (nSPS) is 17.5. The van der Waals surface area contributed by atoms with Crippen molar-refractivity contribution in [2.24, 2.45) is 24.6 Å². The Morgan fingerprint density at radius 3 is 2.93 bits per heavy atom. The molecule has 0 spiro atoms. The fourth-order valence-electron chi connectivity index (χ4n) is 4.06. The number of nitrogens with two attached hydrogens (primary N) is 1. The summed E-state index contributed by atoms with van der Waals surface area (Å²) in [6.07, 6.45) is 5.24. The summed E-state index contributed by atoms with van der Waals surface area (Å²) in [6.45, 7) is 1.47. The molecule has 2 N–H and O–H groups in total. The van der Waals surface area contributed by atoms with E-state index >= 15 is 0 Å². The molecule has 1 amide bonds. The Morgan fingerprint density at radius 1 is 1.37 bits per heavy atom. The van der Waals surface area contributed by atoms with Crippen LogP contribution in [0, 0.1) is 11.8 Å². The number of hydrogen-bond donors (Lipinski definition) is 1. The van der Waals surface area contributed by atoms with Crippen molar-refractivity contribution in [2.75, 3.05) is 6.61 Å². The summed E-state index contributed by atoms with van der Waals surface area (Å²) in [5, 5.41) is 4.17. The average Bonchev–Trinajstić information content (AvgIpc) is 3.33. The van der Waals surface area contributed by atoms with Gasteiger partial charge in [0.25, 0.3) is 0 Å².